The van der Waals surface area contributed by atoms with E-state index < -0.39 is 0 Å². The van der Waals surface area contributed by atoms with Gasteiger partial charge in [0.05, 0.1) is 4.88 Å². The number of pyridine rings is 1. The summed E-state index contributed by atoms with van der Waals surface area (Å²) in [6.07, 6.45) is 3.91. The molecule has 0 radical (unpaired) electrons. The number of thiophene rings is 1. The molecule has 0 spiro atoms. The Morgan fingerprint density at radius 1 is 1.28 bits per heavy atom. The zero-order chi connectivity index (χ0) is 20.1. The first-order valence-electron chi connectivity index (χ1n) is 9.55. The third-order valence-electron chi connectivity index (χ3n) is 4.73. The average Bonchev–Trinajstić information content (AvgIpc) is 3.49. The molecule has 2 amide bonds. The lowest BCUT2D eigenvalue weighted by molar-refractivity contribution is -0.121. The quantitative estimate of drug-likeness (QED) is 0.641. The predicted octanol–water partition coefficient (Wildman–Crippen LogP) is 2.55. The van der Waals surface area contributed by atoms with Crippen molar-refractivity contribution in [3.8, 4) is 10.7 Å². The monoisotopic (exact) mass is 411 g/mol. The van der Waals surface area contributed by atoms with Crippen LogP contribution >= 0.6 is 11.3 Å². The van der Waals surface area contributed by atoms with E-state index in [2.05, 4.69) is 20.4 Å². The molecule has 9 heteroatoms. The van der Waals surface area contributed by atoms with E-state index >= 15 is 0 Å². The molecular weight excluding hydrogens is 390 g/mol. The Bertz CT molecular complexity index is 958. The molecule has 0 saturated carbocycles. The van der Waals surface area contributed by atoms with Gasteiger partial charge in [0.1, 0.15) is 5.69 Å². The van der Waals surface area contributed by atoms with Gasteiger partial charge in [0.25, 0.3) is 5.91 Å². The van der Waals surface area contributed by atoms with Crippen LogP contribution in [0.5, 0.6) is 0 Å². The second-order valence-corrected chi connectivity index (χ2v) is 7.81. The van der Waals surface area contributed by atoms with Gasteiger partial charge in [-0.15, -0.1) is 11.3 Å². The van der Waals surface area contributed by atoms with Crippen LogP contribution in [0.15, 0.2) is 46.4 Å². The molecule has 1 N–H and O–H groups in total. The Morgan fingerprint density at radius 2 is 2.21 bits per heavy atom. The second kappa shape index (κ2) is 8.95. The van der Waals surface area contributed by atoms with E-state index in [9.17, 15) is 9.59 Å². The van der Waals surface area contributed by atoms with E-state index in [1.807, 2.05) is 17.5 Å². The minimum atomic E-state index is -0.0970. The van der Waals surface area contributed by atoms with Gasteiger partial charge in [-0.2, -0.15) is 4.98 Å². The normalized spacial score (nSPS) is 16.1. The lowest BCUT2D eigenvalue weighted by Crippen LogP contribution is -2.38. The summed E-state index contributed by atoms with van der Waals surface area (Å²) in [6.45, 7) is 1.13. The molecule has 3 aromatic rings. The number of rotatable bonds is 7. The highest BCUT2D eigenvalue weighted by molar-refractivity contribution is 7.13. The average molecular weight is 411 g/mol. The highest BCUT2D eigenvalue weighted by Crippen LogP contribution is 2.21. The Kier molecular flexibility index (Phi) is 5.95. The topological polar surface area (TPSA) is 101 Å². The van der Waals surface area contributed by atoms with Crippen molar-refractivity contribution >= 4 is 23.2 Å². The number of nitrogens with one attached hydrogen (secondary N) is 1. The summed E-state index contributed by atoms with van der Waals surface area (Å²) in [5.41, 5.74) is 0.431. The molecule has 1 fully saturated rings. The number of likely N-dealkylation sites (tertiary alicyclic amines) is 1. The van der Waals surface area contributed by atoms with Crippen LogP contribution in [0.25, 0.3) is 10.7 Å². The summed E-state index contributed by atoms with van der Waals surface area (Å²) in [7, 11) is 0. The first-order valence-corrected chi connectivity index (χ1v) is 10.4. The maximum absolute atomic E-state index is 12.4. The Hall–Kier alpha value is -3.07. The smallest absolute Gasteiger partial charge is 0.272 e. The zero-order valence-corrected chi connectivity index (χ0v) is 16.6. The van der Waals surface area contributed by atoms with Crippen LogP contribution < -0.4 is 5.32 Å². The van der Waals surface area contributed by atoms with Gasteiger partial charge in [-0.25, -0.2) is 0 Å². The third-order valence-corrected chi connectivity index (χ3v) is 5.59. The minimum Gasteiger partial charge on any atom is -0.352 e. The number of aromatic nitrogens is 3. The third kappa shape index (κ3) is 4.86. The van der Waals surface area contributed by atoms with Crippen molar-refractivity contribution < 1.29 is 14.1 Å². The molecule has 0 unspecified atom stereocenters. The molecule has 29 heavy (non-hydrogen) atoms. The first-order chi connectivity index (χ1) is 14.2. The van der Waals surface area contributed by atoms with Gasteiger partial charge in [-0.05, 0) is 36.4 Å². The maximum Gasteiger partial charge on any atom is 0.272 e. The number of hydrogen-bond acceptors (Lipinski definition) is 7. The molecule has 1 aliphatic rings. The van der Waals surface area contributed by atoms with Gasteiger partial charge < -0.3 is 14.7 Å². The number of aryl methyl sites for hydroxylation is 1. The number of amides is 2. The van der Waals surface area contributed by atoms with Gasteiger partial charge >= 0.3 is 0 Å². The van der Waals surface area contributed by atoms with Gasteiger partial charge in [0.15, 0.2) is 0 Å². The van der Waals surface area contributed by atoms with Crippen molar-refractivity contribution in [3.63, 3.8) is 0 Å². The van der Waals surface area contributed by atoms with Crippen LogP contribution in [0.3, 0.4) is 0 Å². The number of carbonyl (C=O) groups is 2. The second-order valence-electron chi connectivity index (χ2n) is 6.86. The van der Waals surface area contributed by atoms with E-state index in [-0.39, 0.29) is 17.9 Å². The van der Waals surface area contributed by atoms with Crippen molar-refractivity contribution in [2.24, 2.45) is 0 Å². The molecule has 1 aliphatic heterocycles. The van der Waals surface area contributed by atoms with Crippen molar-refractivity contribution in [3.05, 3.63) is 53.5 Å². The van der Waals surface area contributed by atoms with Gasteiger partial charge in [0, 0.05) is 38.2 Å². The molecule has 0 bridgehead atoms. The van der Waals surface area contributed by atoms with Crippen LogP contribution in [0.2, 0.25) is 0 Å². The molecule has 4 rings (SSSR count). The largest absolute Gasteiger partial charge is 0.352 e. The summed E-state index contributed by atoms with van der Waals surface area (Å²) >= 11 is 1.56. The Labute approximate surface area is 172 Å². The van der Waals surface area contributed by atoms with Crippen molar-refractivity contribution in [2.45, 2.75) is 31.7 Å². The number of nitrogens with zero attached hydrogens (tertiary/aromatic N) is 4. The highest BCUT2D eigenvalue weighted by Gasteiger charge is 2.28. The van der Waals surface area contributed by atoms with Crippen molar-refractivity contribution in [1.82, 2.24) is 25.3 Å². The summed E-state index contributed by atoms with van der Waals surface area (Å²) in [6, 6.07) is 9.13. The van der Waals surface area contributed by atoms with Gasteiger partial charge in [-0.3, -0.25) is 14.6 Å². The lowest BCUT2D eigenvalue weighted by atomic mass is 10.2. The molecule has 4 heterocycles. The fourth-order valence-corrected chi connectivity index (χ4v) is 3.93. The van der Waals surface area contributed by atoms with Crippen molar-refractivity contribution in [2.75, 3.05) is 13.1 Å². The summed E-state index contributed by atoms with van der Waals surface area (Å²) in [4.78, 5) is 35.8. The SMILES string of the molecule is O=C(CCCc1nc(-c2cccs2)no1)N[C@H]1CCN(C(=O)c2ccccn2)C1. The molecule has 0 aliphatic carbocycles. The first kappa shape index (κ1) is 19.3. The van der Waals surface area contributed by atoms with Crippen LogP contribution in [-0.4, -0.2) is 51.0 Å². The minimum absolute atomic E-state index is 0.0241. The lowest BCUT2D eigenvalue weighted by Gasteiger charge is -2.16. The molecule has 0 aromatic carbocycles. The van der Waals surface area contributed by atoms with Crippen LogP contribution in [-0.2, 0) is 11.2 Å². The van der Waals surface area contributed by atoms with E-state index in [0.717, 1.165) is 11.3 Å². The summed E-state index contributed by atoms with van der Waals surface area (Å²) < 4.78 is 5.25. The molecular formula is C20H21N5O3S. The molecule has 150 valence electrons. The van der Waals surface area contributed by atoms with Gasteiger partial charge in [0.2, 0.25) is 17.6 Å². The van der Waals surface area contributed by atoms with Crippen LogP contribution in [0, 0.1) is 0 Å². The van der Waals surface area contributed by atoms with Crippen LogP contribution in [0.1, 0.15) is 35.6 Å². The highest BCUT2D eigenvalue weighted by atomic mass is 32.1. The molecule has 3 aromatic heterocycles. The zero-order valence-electron chi connectivity index (χ0n) is 15.8. The van der Waals surface area contributed by atoms with E-state index in [1.54, 1.807) is 40.6 Å². The van der Waals surface area contributed by atoms with Crippen molar-refractivity contribution in [1.29, 1.82) is 0 Å². The Balaban J connectivity index is 1.19. The van der Waals surface area contributed by atoms with E-state index in [4.69, 9.17) is 4.52 Å². The van der Waals surface area contributed by atoms with E-state index in [1.165, 1.54) is 0 Å². The van der Waals surface area contributed by atoms with Crippen LogP contribution in [0.4, 0.5) is 0 Å². The molecule has 1 atom stereocenters. The van der Waals surface area contributed by atoms with Gasteiger partial charge in [-0.1, -0.05) is 17.3 Å². The maximum atomic E-state index is 12.4. The summed E-state index contributed by atoms with van der Waals surface area (Å²) in [5.74, 6) is 0.998. The number of hydrogen-bond donors (Lipinski definition) is 1. The number of carbonyl (C=O) groups excluding carboxylic acids is 2. The fourth-order valence-electron chi connectivity index (χ4n) is 3.28. The standard InChI is InChI=1S/C20H21N5O3S/c26-17(7-3-8-18-23-19(24-28-18)16-6-4-12-29-16)22-14-9-11-25(13-14)20(27)15-5-1-2-10-21-15/h1-2,4-6,10,12,14H,3,7-9,11,13H2,(H,22,26)/t14-/m0/s1. The van der Waals surface area contributed by atoms with E-state index in [0.29, 0.717) is 49.8 Å². The Morgan fingerprint density at radius 3 is 3.00 bits per heavy atom. The fraction of sp³-hybridized carbons (Fsp3) is 0.350. The summed E-state index contributed by atoms with van der Waals surface area (Å²) in [5, 5.41) is 8.94. The molecule has 1 saturated heterocycles. The predicted molar refractivity (Wildman–Crippen MR) is 107 cm³/mol. The molecule has 8 nitrogen and oxygen atoms in total.